The Bertz CT molecular complexity index is 900. The first-order valence-corrected chi connectivity index (χ1v) is 10.3. The molecule has 3 rings (SSSR count). The second-order valence-corrected chi connectivity index (χ2v) is 8.43. The lowest BCUT2D eigenvalue weighted by Crippen LogP contribution is -2.41. The summed E-state index contributed by atoms with van der Waals surface area (Å²) in [7, 11) is -3.75. The van der Waals surface area contributed by atoms with Gasteiger partial charge in [-0.15, -0.1) is 0 Å². The van der Waals surface area contributed by atoms with Crippen molar-refractivity contribution in [1.29, 1.82) is 0 Å². The van der Waals surface area contributed by atoms with Gasteiger partial charge >= 0.3 is 0 Å². The Morgan fingerprint density at radius 2 is 1.74 bits per heavy atom. The zero-order valence-electron chi connectivity index (χ0n) is 15.1. The highest BCUT2D eigenvalue weighted by Gasteiger charge is 2.35. The number of likely N-dealkylation sites (tertiary alicyclic amines) is 1. The predicted molar refractivity (Wildman–Crippen MR) is 105 cm³/mol. The van der Waals surface area contributed by atoms with Crippen LogP contribution in [0.5, 0.6) is 0 Å². The number of sulfonamides is 1. The average molecular weight is 388 g/mol. The van der Waals surface area contributed by atoms with Crippen LogP contribution in [0.2, 0.25) is 0 Å². The van der Waals surface area contributed by atoms with Crippen molar-refractivity contribution in [2.24, 2.45) is 10.9 Å². The second kappa shape index (κ2) is 7.77. The number of nitrogens with zero attached hydrogens (tertiary/aromatic N) is 1. The molecular formula is C19H24N4O3S. The first kappa shape index (κ1) is 19.5. The summed E-state index contributed by atoms with van der Waals surface area (Å²) in [6, 6.07) is 15.5. The van der Waals surface area contributed by atoms with Crippen LogP contribution >= 0.6 is 0 Å². The fourth-order valence-electron chi connectivity index (χ4n) is 3.37. The van der Waals surface area contributed by atoms with Crippen molar-refractivity contribution in [1.82, 2.24) is 4.90 Å². The third kappa shape index (κ3) is 4.54. The maximum atomic E-state index is 12.6. The topological polar surface area (TPSA) is 119 Å². The van der Waals surface area contributed by atoms with E-state index in [2.05, 4.69) is 22.3 Å². The van der Waals surface area contributed by atoms with Gasteiger partial charge in [0.1, 0.15) is 0 Å². The molecule has 1 fully saturated rings. The summed E-state index contributed by atoms with van der Waals surface area (Å²) in [5.74, 6) is 0.0229. The van der Waals surface area contributed by atoms with E-state index < -0.39 is 10.0 Å². The van der Waals surface area contributed by atoms with E-state index in [1.807, 2.05) is 25.1 Å². The van der Waals surface area contributed by atoms with Gasteiger partial charge in [0.05, 0.1) is 10.9 Å². The number of anilines is 1. The highest BCUT2D eigenvalue weighted by Crippen LogP contribution is 2.28. The summed E-state index contributed by atoms with van der Waals surface area (Å²) in [5.41, 5.74) is 8.00. The molecular weight excluding hydrogens is 364 g/mol. The normalized spacial score (nSPS) is 21.7. The highest BCUT2D eigenvalue weighted by molar-refractivity contribution is 7.89. The molecule has 1 aliphatic heterocycles. The van der Waals surface area contributed by atoms with Gasteiger partial charge in [0.2, 0.25) is 15.9 Å². The molecule has 1 aliphatic rings. The third-order valence-corrected chi connectivity index (χ3v) is 5.93. The first-order valence-electron chi connectivity index (χ1n) is 8.74. The van der Waals surface area contributed by atoms with E-state index in [1.165, 1.54) is 29.8 Å². The number of carbonyl (C=O) groups is 1. The van der Waals surface area contributed by atoms with Gasteiger partial charge < -0.3 is 11.1 Å². The van der Waals surface area contributed by atoms with E-state index in [-0.39, 0.29) is 28.8 Å². The van der Waals surface area contributed by atoms with E-state index in [0.717, 1.165) is 0 Å². The zero-order valence-corrected chi connectivity index (χ0v) is 15.9. The molecule has 1 heterocycles. The summed E-state index contributed by atoms with van der Waals surface area (Å²) in [6.45, 7) is 3.19. The largest absolute Gasteiger partial charge is 0.326 e. The van der Waals surface area contributed by atoms with Gasteiger partial charge in [-0.3, -0.25) is 9.69 Å². The number of hydrogen-bond donors (Lipinski definition) is 3. The molecule has 7 nitrogen and oxygen atoms in total. The van der Waals surface area contributed by atoms with Crippen molar-refractivity contribution in [3.05, 3.63) is 60.2 Å². The molecule has 3 atom stereocenters. The number of primary sulfonamides is 1. The molecule has 8 heteroatoms. The van der Waals surface area contributed by atoms with Gasteiger partial charge in [-0.2, -0.15) is 0 Å². The van der Waals surface area contributed by atoms with Crippen molar-refractivity contribution in [3.63, 3.8) is 0 Å². The molecule has 27 heavy (non-hydrogen) atoms. The van der Waals surface area contributed by atoms with Crippen LogP contribution in [0.4, 0.5) is 5.69 Å². The van der Waals surface area contributed by atoms with E-state index in [4.69, 9.17) is 10.9 Å². The summed E-state index contributed by atoms with van der Waals surface area (Å²) >= 11 is 0. The van der Waals surface area contributed by atoms with Gasteiger partial charge in [-0.25, -0.2) is 13.6 Å². The van der Waals surface area contributed by atoms with Crippen molar-refractivity contribution in [3.8, 4) is 0 Å². The van der Waals surface area contributed by atoms with E-state index in [1.54, 1.807) is 0 Å². The smallest absolute Gasteiger partial charge is 0.241 e. The van der Waals surface area contributed by atoms with Crippen LogP contribution in [0.25, 0.3) is 0 Å². The fraction of sp³-hybridized carbons (Fsp3) is 0.316. The summed E-state index contributed by atoms with van der Waals surface area (Å²) in [4.78, 5) is 14.7. The van der Waals surface area contributed by atoms with Gasteiger partial charge in [0.25, 0.3) is 0 Å². The molecule has 0 aliphatic carbocycles. The number of hydrogen-bond acceptors (Lipinski definition) is 5. The van der Waals surface area contributed by atoms with E-state index in [0.29, 0.717) is 18.8 Å². The summed E-state index contributed by atoms with van der Waals surface area (Å²) < 4.78 is 22.6. The lowest BCUT2D eigenvalue weighted by Gasteiger charge is -2.23. The molecule has 0 bridgehead atoms. The van der Waals surface area contributed by atoms with Crippen molar-refractivity contribution in [2.75, 3.05) is 18.4 Å². The number of nitrogens with one attached hydrogen (secondary N) is 1. The molecule has 0 spiro atoms. The SMILES string of the molecule is CC(C(=O)Nc1ccc(S(N)(=O)=O)cc1)N1C[C@@H](N)[C@H](c2ccccc2)C1. The quantitative estimate of drug-likeness (QED) is 0.708. The molecule has 1 saturated heterocycles. The van der Waals surface area contributed by atoms with Crippen LogP contribution in [0.3, 0.4) is 0 Å². The first-order chi connectivity index (χ1) is 12.8. The Hall–Kier alpha value is -2.26. The van der Waals surface area contributed by atoms with Gasteiger partial charge in [0.15, 0.2) is 0 Å². The fourth-order valence-corrected chi connectivity index (χ4v) is 3.89. The number of carbonyl (C=O) groups excluding carboxylic acids is 1. The van der Waals surface area contributed by atoms with Crippen LogP contribution in [0, 0.1) is 0 Å². The van der Waals surface area contributed by atoms with E-state index in [9.17, 15) is 13.2 Å². The van der Waals surface area contributed by atoms with Crippen LogP contribution in [0.15, 0.2) is 59.5 Å². The van der Waals surface area contributed by atoms with Gasteiger partial charge in [0, 0.05) is 30.7 Å². The average Bonchev–Trinajstić information content (AvgIpc) is 3.03. The van der Waals surface area contributed by atoms with Gasteiger partial charge in [-0.1, -0.05) is 30.3 Å². The Labute approximate surface area is 159 Å². The maximum Gasteiger partial charge on any atom is 0.241 e. The Kier molecular flexibility index (Phi) is 5.61. The standard InChI is InChI=1S/C19H24N4O3S/c1-13(19(24)22-15-7-9-16(10-8-15)27(21,25)26)23-11-17(18(20)12-23)14-5-3-2-4-6-14/h2-10,13,17-18H,11-12,20H2,1H3,(H,22,24)(H2,21,25,26)/t13?,17-,18+/m0/s1. The van der Waals surface area contributed by atoms with Crippen molar-refractivity contribution in [2.45, 2.75) is 29.8 Å². The van der Waals surface area contributed by atoms with Crippen molar-refractivity contribution < 1.29 is 13.2 Å². The minimum absolute atomic E-state index is 0.00441. The third-order valence-electron chi connectivity index (χ3n) is 5.00. The molecule has 0 aromatic heterocycles. The molecule has 5 N–H and O–H groups in total. The maximum absolute atomic E-state index is 12.6. The lowest BCUT2D eigenvalue weighted by molar-refractivity contribution is -0.120. The van der Waals surface area contributed by atoms with Crippen LogP contribution in [-0.2, 0) is 14.8 Å². The van der Waals surface area contributed by atoms with Crippen molar-refractivity contribution >= 4 is 21.6 Å². The Morgan fingerprint density at radius 3 is 2.33 bits per heavy atom. The zero-order chi connectivity index (χ0) is 19.6. The Balaban J connectivity index is 1.64. The van der Waals surface area contributed by atoms with E-state index >= 15 is 0 Å². The number of benzene rings is 2. The number of amides is 1. The second-order valence-electron chi connectivity index (χ2n) is 6.87. The van der Waals surface area contributed by atoms with Crippen LogP contribution in [0.1, 0.15) is 18.4 Å². The molecule has 1 amide bonds. The van der Waals surface area contributed by atoms with Crippen LogP contribution in [-0.4, -0.2) is 44.4 Å². The van der Waals surface area contributed by atoms with Gasteiger partial charge in [-0.05, 0) is 36.8 Å². The molecule has 1 unspecified atom stereocenters. The van der Waals surface area contributed by atoms with Crippen LogP contribution < -0.4 is 16.2 Å². The highest BCUT2D eigenvalue weighted by atomic mass is 32.2. The summed E-state index contributed by atoms with van der Waals surface area (Å²) in [6.07, 6.45) is 0. The number of rotatable bonds is 5. The molecule has 0 radical (unpaired) electrons. The molecule has 2 aromatic carbocycles. The summed E-state index contributed by atoms with van der Waals surface area (Å²) in [5, 5.41) is 7.89. The Morgan fingerprint density at radius 1 is 1.11 bits per heavy atom. The molecule has 2 aromatic rings. The lowest BCUT2D eigenvalue weighted by atomic mass is 9.95. The predicted octanol–water partition coefficient (Wildman–Crippen LogP) is 1.09. The minimum atomic E-state index is -3.75. The monoisotopic (exact) mass is 388 g/mol. The number of nitrogens with two attached hydrogens (primary N) is 2. The molecule has 0 saturated carbocycles. The minimum Gasteiger partial charge on any atom is -0.326 e. The molecule has 144 valence electrons.